The summed E-state index contributed by atoms with van der Waals surface area (Å²) >= 11 is 0. The Morgan fingerprint density at radius 3 is 2.67 bits per heavy atom. The fraction of sp³-hybridized carbons (Fsp3) is 0.500. The molecule has 0 aliphatic rings. The van der Waals surface area contributed by atoms with Gasteiger partial charge in [-0.25, -0.2) is 9.59 Å². The van der Waals surface area contributed by atoms with Crippen LogP contribution in [0.3, 0.4) is 0 Å². The molecular formula is C8H11NO3. The van der Waals surface area contributed by atoms with Crippen LogP contribution in [0.25, 0.3) is 0 Å². The fourth-order valence-corrected chi connectivity index (χ4v) is 0.426. The second-order valence-electron chi connectivity index (χ2n) is 2.64. The number of carbonyl (C=O) groups is 1. The molecule has 0 aromatic rings. The van der Waals surface area contributed by atoms with Gasteiger partial charge in [-0.15, -0.1) is 0 Å². The monoisotopic (exact) mass is 169 g/mol. The molecule has 4 heteroatoms. The SMILES string of the molecule is C=C(N=C=O)C(=O)OCC(C)C. The van der Waals surface area contributed by atoms with E-state index in [9.17, 15) is 9.59 Å². The highest BCUT2D eigenvalue weighted by Crippen LogP contribution is 1.98. The second kappa shape index (κ2) is 5.27. The molecule has 0 spiro atoms. The molecule has 0 bridgehead atoms. The zero-order valence-electron chi connectivity index (χ0n) is 7.16. The summed E-state index contributed by atoms with van der Waals surface area (Å²) in [7, 11) is 0. The summed E-state index contributed by atoms with van der Waals surface area (Å²) in [5, 5.41) is 0. The van der Waals surface area contributed by atoms with Crippen molar-refractivity contribution in [2.24, 2.45) is 10.9 Å². The minimum Gasteiger partial charge on any atom is -0.461 e. The van der Waals surface area contributed by atoms with Crippen LogP contribution in [0.15, 0.2) is 17.3 Å². The quantitative estimate of drug-likeness (QED) is 0.273. The van der Waals surface area contributed by atoms with Gasteiger partial charge in [-0.05, 0) is 5.92 Å². The molecule has 0 aliphatic carbocycles. The van der Waals surface area contributed by atoms with Crippen LogP contribution in [0, 0.1) is 5.92 Å². The van der Waals surface area contributed by atoms with Crippen molar-refractivity contribution < 1.29 is 14.3 Å². The van der Waals surface area contributed by atoms with E-state index < -0.39 is 5.97 Å². The summed E-state index contributed by atoms with van der Waals surface area (Å²) in [5.41, 5.74) is -0.217. The van der Waals surface area contributed by atoms with Crippen LogP contribution in [0.5, 0.6) is 0 Å². The number of isocyanates is 1. The van der Waals surface area contributed by atoms with E-state index in [2.05, 4.69) is 11.6 Å². The third-order valence-corrected chi connectivity index (χ3v) is 0.964. The smallest absolute Gasteiger partial charge is 0.357 e. The van der Waals surface area contributed by atoms with Crippen molar-refractivity contribution in [3.63, 3.8) is 0 Å². The summed E-state index contributed by atoms with van der Waals surface area (Å²) in [6.45, 7) is 7.32. The van der Waals surface area contributed by atoms with Crippen molar-refractivity contribution in [2.45, 2.75) is 13.8 Å². The predicted molar refractivity (Wildman–Crippen MR) is 43.1 cm³/mol. The second-order valence-corrected chi connectivity index (χ2v) is 2.64. The summed E-state index contributed by atoms with van der Waals surface area (Å²) < 4.78 is 4.71. The van der Waals surface area contributed by atoms with Crippen LogP contribution in [0.2, 0.25) is 0 Å². The minimum atomic E-state index is -0.674. The molecule has 66 valence electrons. The maximum absolute atomic E-state index is 10.8. The van der Waals surface area contributed by atoms with Crippen molar-refractivity contribution in [1.29, 1.82) is 0 Å². The largest absolute Gasteiger partial charge is 0.461 e. The standard InChI is InChI=1S/C8H11NO3/c1-6(2)4-12-8(11)7(3)9-5-10/h6H,3-4H2,1-2H3. The van der Waals surface area contributed by atoms with Crippen LogP contribution in [0.4, 0.5) is 0 Å². The first kappa shape index (κ1) is 10.6. The van der Waals surface area contributed by atoms with Gasteiger partial charge in [-0.2, -0.15) is 4.99 Å². The molecule has 0 heterocycles. The molecule has 12 heavy (non-hydrogen) atoms. The lowest BCUT2D eigenvalue weighted by Gasteiger charge is -2.04. The third kappa shape index (κ3) is 4.41. The molecule has 0 aromatic carbocycles. The number of carbonyl (C=O) groups excluding carboxylic acids is 2. The highest BCUT2D eigenvalue weighted by Gasteiger charge is 2.07. The van der Waals surface area contributed by atoms with Crippen molar-refractivity contribution >= 4 is 12.0 Å². The number of rotatable bonds is 4. The molecule has 0 saturated heterocycles. The molecule has 0 saturated carbocycles. The number of hydrogen-bond donors (Lipinski definition) is 0. The summed E-state index contributed by atoms with van der Waals surface area (Å²) in [4.78, 5) is 23.6. The van der Waals surface area contributed by atoms with Crippen molar-refractivity contribution in [2.75, 3.05) is 6.61 Å². The van der Waals surface area contributed by atoms with Gasteiger partial charge >= 0.3 is 5.97 Å². The van der Waals surface area contributed by atoms with Crippen LogP contribution in [-0.2, 0) is 14.3 Å². The van der Waals surface area contributed by atoms with Crippen LogP contribution in [-0.4, -0.2) is 18.7 Å². The lowest BCUT2D eigenvalue weighted by atomic mass is 10.2. The van der Waals surface area contributed by atoms with Crippen LogP contribution in [0.1, 0.15) is 13.8 Å². The molecule has 0 aliphatic heterocycles. The first-order chi connectivity index (χ1) is 5.57. The summed E-state index contributed by atoms with van der Waals surface area (Å²) in [5.74, 6) is -0.422. The zero-order chi connectivity index (χ0) is 9.56. The Balaban J connectivity index is 3.88. The fourth-order valence-electron chi connectivity index (χ4n) is 0.426. The third-order valence-electron chi connectivity index (χ3n) is 0.964. The summed E-state index contributed by atoms with van der Waals surface area (Å²) in [6.07, 6.45) is 1.21. The maximum atomic E-state index is 10.8. The van der Waals surface area contributed by atoms with Gasteiger partial charge < -0.3 is 4.74 Å². The average molecular weight is 169 g/mol. The molecule has 0 radical (unpaired) electrons. The molecule has 0 atom stereocenters. The summed E-state index contributed by atoms with van der Waals surface area (Å²) in [6, 6.07) is 0. The van der Waals surface area contributed by atoms with Gasteiger partial charge in [0.2, 0.25) is 6.08 Å². The number of ether oxygens (including phenoxy) is 1. The van der Waals surface area contributed by atoms with Gasteiger partial charge in [0, 0.05) is 0 Å². The maximum Gasteiger partial charge on any atom is 0.357 e. The molecule has 4 nitrogen and oxygen atoms in total. The Morgan fingerprint density at radius 2 is 2.25 bits per heavy atom. The van der Waals surface area contributed by atoms with Gasteiger partial charge in [-0.3, -0.25) is 0 Å². The van der Waals surface area contributed by atoms with Gasteiger partial charge in [0.05, 0.1) is 6.61 Å². The van der Waals surface area contributed by atoms with Crippen molar-refractivity contribution in [3.05, 3.63) is 12.3 Å². The van der Waals surface area contributed by atoms with Crippen LogP contribution >= 0.6 is 0 Å². The molecule has 0 amide bonds. The van der Waals surface area contributed by atoms with Gasteiger partial charge in [-0.1, -0.05) is 20.4 Å². The van der Waals surface area contributed by atoms with E-state index in [-0.39, 0.29) is 11.6 Å². The topological polar surface area (TPSA) is 55.7 Å². The average Bonchev–Trinajstić information content (AvgIpc) is 2.00. The number of hydrogen-bond acceptors (Lipinski definition) is 4. The first-order valence-corrected chi connectivity index (χ1v) is 3.51. The lowest BCUT2D eigenvalue weighted by Crippen LogP contribution is -2.10. The van der Waals surface area contributed by atoms with Crippen molar-refractivity contribution in [3.8, 4) is 0 Å². The van der Waals surface area contributed by atoms with Gasteiger partial charge in [0.25, 0.3) is 0 Å². The Morgan fingerprint density at radius 1 is 1.67 bits per heavy atom. The van der Waals surface area contributed by atoms with Gasteiger partial charge in [0.1, 0.15) is 0 Å². The highest BCUT2D eigenvalue weighted by atomic mass is 16.5. The van der Waals surface area contributed by atoms with Crippen LogP contribution < -0.4 is 0 Å². The Kier molecular flexibility index (Phi) is 4.65. The van der Waals surface area contributed by atoms with E-state index in [0.29, 0.717) is 6.61 Å². The predicted octanol–water partition coefficient (Wildman–Crippen LogP) is 1.04. The number of nitrogens with zero attached hydrogens (tertiary/aromatic N) is 1. The minimum absolute atomic E-state index is 0.217. The highest BCUT2D eigenvalue weighted by molar-refractivity contribution is 5.88. The normalized spacial score (nSPS) is 8.92. The van der Waals surface area contributed by atoms with E-state index in [4.69, 9.17) is 4.74 Å². The molecule has 0 N–H and O–H groups in total. The van der Waals surface area contributed by atoms with E-state index in [1.165, 1.54) is 6.08 Å². The van der Waals surface area contributed by atoms with E-state index in [1.807, 2.05) is 13.8 Å². The first-order valence-electron chi connectivity index (χ1n) is 3.51. The van der Waals surface area contributed by atoms with E-state index in [1.54, 1.807) is 0 Å². The Labute approximate surface area is 70.9 Å². The molecule has 0 aromatic heterocycles. The molecule has 0 fully saturated rings. The van der Waals surface area contributed by atoms with Crippen molar-refractivity contribution in [1.82, 2.24) is 0 Å². The van der Waals surface area contributed by atoms with E-state index >= 15 is 0 Å². The Hall–Kier alpha value is -1.41. The van der Waals surface area contributed by atoms with Gasteiger partial charge in [0.15, 0.2) is 5.70 Å². The zero-order valence-corrected chi connectivity index (χ0v) is 7.16. The lowest BCUT2D eigenvalue weighted by molar-refractivity contribution is -0.140. The molecule has 0 rings (SSSR count). The van der Waals surface area contributed by atoms with E-state index in [0.717, 1.165) is 0 Å². The Bertz CT molecular complexity index is 226. The number of esters is 1. The molecule has 0 unspecified atom stereocenters. The molecular weight excluding hydrogens is 158 g/mol. The number of aliphatic imine (C=N–C) groups is 1.